The number of carbonyl (C=O) groups excluding carboxylic acids is 2. The molecule has 0 bridgehead atoms. The van der Waals surface area contributed by atoms with Crippen LogP contribution >= 0.6 is 0 Å². The van der Waals surface area contributed by atoms with E-state index < -0.39 is 0 Å². The maximum atomic E-state index is 13.3. The first-order chi connectivity index (χ1) is 15.5. The van der Waals surface area contributed by atoms with Gasteiger partial charge in [-0.2, -0.15) is 0 Å². The van der Waals surface area contributed by atoms with Gasteiger partial charge >= 0.3 is 0 Å². The average molecular weight is 430 g/mol. The minimum atomic E-state index is -0.117. The van der Waals surface area contributed by atoms with Crippen LogP contribution in [-0.4, -0.2) is 40.9 Å². The fourth-order valence-corrected chi connectivity index (χ4v) is 3.92. The van der Waals surface area contributed by atoms with Crippen molar-refractivity contribution in [1.29, 1.82) is 0 Å². The Morgan fingerprint density at radius 1 is 1.06 bits per heavy atom. The van der Waals surface area contributed by atoms with Crippen LogP contribution in [0.2, 0.25) is 0 Å². The number of rotatable bonds is 8. The average Bonchev–Trinajstić information content (AvgIpc) is 3.46. The van der Waals surface area contributed by atoms with Crippen LogP contribution in [0.1, 0.15) is 32.8 Å². The van der Waals surface area contributed by atoms with E-state index in [9.17, 15) is 9.59 Å². The van der Waals surface area contributed by atoms with Crippen LogP contribution in [0.4, 0.5) is 0 Å². The molecule has 164 valence electrons. The second-order valence-electron chi connectivity index (χ2n) is 7.98. The predicted molar refractivity (Wildman–Crippen MR) is 125 cm³/mol. The Hall–Kier alpha value is -3.80. The van der Waals surface area contributed by atoms with Crippen molar-refractivity contribution < 1.29 is 14.0 Å². The summed E-state index contributed by atoms with van der Waals surface area (Å²) in [5, 5.41) is 3.95. The van der Waals surface area contributed by atoms with Gasteiger partial charge in [-0.25, -0.2) is 0 Å². The maximum absolute atomic E-state index is 13.3. The van der Waals surface area contributed by atoms with E-state index in [0.717, 1.165) is 10.9 Å². The van der Waals surface area contributed by atoms with Gasteiger partial charge in [0, 0.05) is 43.8 Å². The van der Waals surface area contributed by atoms with Gasteiger partial charge in [0.2, 0.25) is 0 Å². The molecule has 0 fully saturated rings. The number of furan rings is 1. The lowest BCUT2D eigenvalue weighted by Crippen LogP contribution is -2.41. The predicted octanol–water partition coefficient (Wildman–Crippen LogP) is 4.27. The molecule has 0 aliphatic rings. The molecule has 1 N–H and O–H groups in total. The molecule has 0 saturated heterocycles. The lowest BCUT2D eigenvalue weighted by atomic mass is 10.0. The van der Waals surface area contributed by atoms with Gasteiger partial charge in [0.1, 0.15) is 11.3 Å². The number of carbonyl (C=O) groups is 2. The molecule has 32 heavy (non-hydrogen) atoms. The number of aromatic nitrogens is 1. The highest BCUT2D eigenvalue weighted by atomic mass is 16.3. The molecule has 4 rings (SSSR count). The molecule has 6 heteroatoms. The Labute approximate surface area is 187 Å². The number of likely N-dealkylation sites (N-methyl/N-ethyl adjacent to an activating group) is 1. The van der Waals surface area contributed by atoms with E-state index in [1.165, 1.54) is 0 Å². The van der Waals surface area contributed by atoms with Crippen molar-refractivity contribution in [1.82, 2.24) is 14.8 Å². The molecule has 2 amide bonds. The van der Waals surface area contributed by atoms with Crippen LogP contribution < -0.4 is 5.32 Å². The molecule has 4 aromatic rings. The number of nitrogens with one attached hydrogen (secondary N) is 1. The fraction of sp³-hybridized carbons (Fsp3) is 0.231. The van der Waals surface area contributed by atoms with Gasteiger partial charge in [0.15, 0.2) is 0 Å². The van der Waals surface area contributed by atoms with Crippen LogP contribution in [-0.2, 0) is 13.5 Å². The smallest absolute Gasteiger partial charge is 0.267 e. The number of amides is 2. The molecule has 0 aliphatic heterocycles. The third-order valence-electron chi connectivity index (χ3n) is 5.82. The van der Waals surface area contributed by atoms with Gasteiger partial charge in [0.05, 0.1) is 6.26 Å². The van der Waals surface area contributed by atoms with Crippen molar-refractivity contribution in [3.8, 4) is 0 Å². The Balaban J connectivity index is 1.48. The Morgan fingerprint density at radius 2 is 1.88 bits per heavy atom. The van der Waals surface area contributed by atoms with E-state index >= 15 is 0 Å². The van der Waals surface area contributed by atoms with Gasteiger partial charge in [-0.3, -0.25) is 9.59 Å². The molecule has 0 spiro atoms. The zero-order chi connectivity index (χ0) is 22.5. The summed E-state index contributed by atoms with van der Waals surface area (Å²) in [6.45, 7) is 0.469. The minimum Gasteiger partial charge on any atom is -0.464 e. The first-order valence-corrected chi connectivity index (χ1v) is 10.7. The monoisotopic (exact) mass is 429 g/mol. The van der Waals surface area contributed by atoms with Crippen molar-refractivity contribution in [2.45, 2.75) is 18.9 Å². The number of hydrogen-bond donors (Lipinski definition) is 1. The lowest BCUT2D eigenvalue weighted by molar-refractivity contribution is 0.0723. The van der Waals surface area contributed by atoms with Crippen LogP contribution in [0.15, 0.2) is 83.6 Å². The lowest BCUT2D eigenvalue weighted by Gasteiger charge is -2.29. The molecular weight excluding hydrogens is 402 g/mol. The summed E-state index contributed by atoms with van der Waals surface area (Å²) < 4.78 is 7.25. The van der Waals surface area contributed by atoms with Crippen LogP contribution in [0.25, 0.3) is 11.0 Å². The van der Waals surface area contributed by atoms with Gasteiger partial charge in [-0.1, -0.05) is 36.4 Å². The number of hydrogen-bond acceptors (Lipinski definition) is 3. The topological polar surface area (TPSA) is 67.5 Å². The highest BCUT2D eigenvalue weighted by Gasteiger charge is 2.22. The Kier molecular flexibility index (Phi) is 6.40. The Morgan fingerprint density at radius 3 is 2.62 bits per heavy atom. The number of nitrogens with zero attached hydrogens (tertiary/aromatic N) is 2. The maximum Gasteiger partial charge on any atom is 0.267 e. The summed E-state index contributed by atoms with van der Waals surface area (Å²) in [6.07, 6.45) is 4.80. The van der Waals surface area contributed by atoms with E-state index in [0.29, 0.717) is 36.2 Å². The van der Waals surface area contributed by atoms with Gasteiger partial charge in [-0.05, 0) is 48.7 Å². The molecule has 0 radical (unpaired) electrons. The van der Waals surface area contributed by atoms with E-state index in [1.807, 2.05) is 62.8 Å². The number of aryl methyl sites for hydroxylation is 1. The highest BCUT2D eigenvalue weighted by Crippen LogP contribution is 2.20. The second kappa shape index (κ2) is 9.56. The van der Waals surface area contributed by atoms with Crippen LogP contribution in [0.3, 0.4) is 0 Å². The summed E-state index contributed by atoms with van der Waals surface area (Å²) in [5.41, 5.74) is 3.03. The molecule has 0 saturated carbocycles. The van der Waals surface area contributed by atoms with Crippen LogP contribution in [0.5, 0.6) is 0 Å². The van der Waals surface area contributed by atoms with E-state index in [1.54, 1.807) is 27.9 Å². The minimum absolute atomic E-state index is 0.0713. The van der Waals surface area contributed by atoms with Crippen LogP contribution in [0, 0.1) is 0 Å². The van der Waals surface area contributed by atoms with Crippen molar-refractivity contribution >= 4 is 22.8 Å². The van der Waals surface area contributed by atoms with Crippen molar-refractivity contribution in [3.63, 3.8) is 0 Å². The molecule has 2 aromatic carbocycles. The quantitative estimate of drug-likeness (QED) is 0.455. The molecule has 2 aromatic heterocycles. The molecule has 1 unspecified atom stereocenters. The summed E-state index contributed by atoms with van der Waals surface area (Å²) in [7, 11) is 3.66. The normalized spacial score (nSPS) is 11.9. The van der Waals surface area contributed by atoms with Gasteiger partial charge in [-0.15, -0.1) is 0 Å². The zero-order valence-corrected chi connectivity index (χ0v) is 18.3. The molecule has 2 heterocycles. The van der Waals surface area contributed by atoms with Crippen molar-refractivity contribution in [3.05, 3.63) is 96.0 Å². The first-order valence-electron chi connectivity index (χ1n) is 10.7. The van der Waals surface area contributed by atoms with Crippen molar-refractivity contribution in [2.24, 2.45) is 7.05 Å². The summed E-state index contributed by atoms with van der Waals surface area (Å²) >= 11 is 0. The SMILES string of the molecule is CN(C(=O)c1ccc2ccoc2c1)C(CCNC(=O)c1cccn1C)Cc1ccccc1. The van der Waals surface area contributed by atoms with E-state index in [-0.39, 0.29) is 17.9 Å². The Bertz CT molecular complexity index is 1210. The molecule has 0 aliphatic carbocycles. The molecule has 1 atom stereocenters. The second-order valence-corrected chi connectivity index (χ2v) is 7.98. The molecule has 6 nitrogen and oxygen atoms in total. The van der Waals surface area contributed by atoms with Gasteiger partial charge in [0.25, 0.3) is 11.8 Å². The summed E-state index contributed by atoms with van der Waals surface area (Å²) in [5.74, 6) is -0.189. The third-order valence-corrected chi connectivity index (χ3v) is 5.82. The number of benzene rings is 2. The fourth-order valence-electron chi connectivity index (χ4n) is 3.92. The standard InChI is InChI=1S/C26H27N3O3/c1-28-15-6-9-23(28)25(30)27-14-12-22(17-19-7-4-3-5-8-19)29(2)26(31)21-11-10-20-13-16-32-24(20)18-21/h3-11,13,15-16,18,22H,12,14,17H2,1-2H3,(H,27,30). The summed E-state index contributed by atoms with van der Waals surface area (Å²) in [6, 6.07) is 21.0. The highest BCUT2D eigenvalue weighted by molar-refractivity contribution is 5.97. The van der Waals surface area contributed by atoms with E-state index in [2.05, 4.69) is 17.4 Å². The molecular formula is C26H27N3O3. The first kappa shape index (κ1) is 21.4. The van der Waals surface area contributed by atoms with Crippen molar-refractivity contribution in [2.75, 3.05) is 13.6 Å². The van der Waals surface area contributed by atoms with Gasteiger partial charge < -0.3 is 19.2 Å². The summed E-state index contributed by atoms with van der Waals surface area (Å²) in [4.78, 5) is 27.5. The largest absolute Gasteiger partial charge is 0.464 e. The number of fused-ring (bicyclic) bond motifs is 1. The van der Waals surface area contributed by atoms with E-state index in [4.69, 9.17) is 4.42 Å². The zero-order valence-electron chi connectivity index (χ0n) is 18.3. The third kappa shape index (κ3) is 4.75.